The molecule has 1 aliphatic heterocycles. The summed E-state index contributed by atoms with van der Waals surface area (Å²) >= 11 is 7.51. The van der Waals surface area contributed by atoms with E-state index in [0.29, 0.717) is 18.1 Å². The quantitative estimate of drug-likeness (QED) is 0.867. The summed E-state index contributed by atoms with van der Waals surface area (Å²) < 4.78 is 3.85. The van der Waals surface area contributed by atoms with Gasteiger partial charge in [-0.2, -0.15) is 0 Å². The Bertz CT molecular complexity index is 634. The van der Waals surface area contributed by atoms with E-state index in [1.165, 1.54) is 11.5 Å². The standard InChI is InChI=1S/C14H15ClN4OS/c1-18(8-10-9-21-17-16-10)13-6-7-19(14(13)20)12-5-3-2-4-11(12)15/h2-5,9,13H,6-8H2,1H3/t13-/m1/s1. The molecule has 1 amide bonds. The molecule has 110 valence electrons. The lowest BCUT2D eigenvalue weighted by Crippen LogP contribution is -2.39. The molecule has 0 bridgehead atoms. The van der Waals surface area contributed by atoms with E-state index in [0.717, 1.165) is 17.8 Å². The van der Waals surface area contributed by atoms with Crippen LogP contribution >= 0.6 is 23.1 Å². The summed E-state index contributed by atoms with van der Waals surface area (Å²) in [5, 5.41) is 6.54. The maximum atomic E-state index is 12.6. The van der Waals surface area contributed by atoms with Gasteiger partial charge in [-0.05, 0) is 37.1 Å². The second-order valence-electron chi connectivity index (χ2n) is 5.06. The largest absolute Gasteiger partial charge is 0.310 e. The summed E-state index contributed by atoms with van der Waals surface area (Å²) in [5.74, 6) is 0.0915. The molecule has 0 N–H and O–H groups in total. The molecule has 1 fully saturated rings. The highest BCUT2D eigenvalue weighted by atomic mass is 35.5. The van der Waals surface area contributed by atoms with E-state index in [-0.39, 0.29) is 11.9 Å². The van der Waals surface area contributed by atoms with Crippen molar-refractivity contribution in [1.82, 2.24) is 14.5 Å². The summed E-state index contributed by atoms with van der Waals surface area (Å²) in [6, 6.07) is 7.32. The third-order valence-corrected chi connectivity index (χ3v) is 4.54. The average molecular weight is 323 g/mol. The molecule has 5 nitrogen and oxygen atoms in total. The van der Waals surface area contributed by atoms with Gasteiger partial charge in [0.25, 0.3) is 0 Å². The number of hydrogen-bond acceptors (Lipinski definition) is 5. The van der Waals surface area contributed by atoms with Crippen LogP contribution in [0.2, 0.25) is 5.02 Å². The minimum absolute atomic E-state index is 0.0915. The van der Waals surface area contributed by atoms with Crippen molar-refractivity contribution in [1.29, 1.82) is 0 Å². The smallest absolute Gasteiger partial charge is 0.244 e. The van der Waals surface area contributed by atoms with Gasteiger partial charge in [0.05, 0.1) is 22.4 Å². The van der Waals surface area contributed by atoms with Crippen LogP contribution in [0.1, 0.15) is 12.1 Å². The third kappa shape index (κ3) is 2.92. The van der Waals surface area contributed by atoms with Gasteiger partial charge < -0.3 is 4.90 Å². The lowest BCUT2D eigenvalue weighted by atomic mass is 10.2. The van der Waals surface area contributed by atoms with Gasteiger partial charge in [0.2, 0.25) is 5.91 Å². The fourth-order valence-corrected chi connectivity index (χ4v) is 3.28. The predicted molar refractivity (Wildman–Crippen MR) is 83.6 cm³/mol. The van der Waals surface area contributed by atoms with Crippen molar-refractivity contribution >= 4 is 34.7 Å². The number of aromatic nitrogens is 2. The zero-order chi connectivity index (χ0) is 14.8. The summed E-state index contributed by atoms with van der Waals surface area (Å²) in [5.41, 5.74) is 1.68. The van der Waals surface area contributed by atoms with Gasteiger partial charge in [-0.15, -0.1) is 5.10 Å². The molecule has 2 aromatic rings. The van der Waals surface area contributed by atoms with E-state index < -0.39 is 0 Å². The highest BCUT2D eigenvalue weighted by molar-refractivity contribution is 7.03. The number of rotatable bonds is 4. The van der Waals surface area contributed by atoms with Crippen LogP contribution in [0, 0.1) is 0 Å². The Balaban J connectivity index is 1.73. The van der Waals surface area contributed by atoms with Gasteiger partial charge in [-0.25, -0.2) is 0 Å². The number of hydrogen-bond donors (Lipinski definition) is 0. The van der Waals surface area contributed by atoms with Crippen molar-refractivity contribution < 1.29 is 4.79 Å². The SMILES string of the molecule is CN(Cc1csnn1)[C@@H]1CCN(c2ccccc2Cl)C1=O. The number of likely N-dealkylation sites (N-methyl/N-ethyl adjacent to an activating group) is 1. The lowest BCUT2D eigenvalue weighted by molar-refractivity contribution is -0.121. The van der Waals surface area contributed by atoms with Gasteiger partial charge in [0.1, 0.15) is 0 Å². The third-order valence-electron chi connectivity index (χ3n) is 3.67. The molecular weight excluding hydrogens is 308 g/mol. The minimum Gasteiger partial charge on any atom is -0.310 e. The van der Waals surface area contributed by atoms with E-state index in [1.807, 2.05) is 41.6 Å². The van der Waals surface area contributed by atoms with Crippen LogP contribution in [0.25, 0.3) is 0 Å². The normalized spacial score (nSPS) is 18.7. The van der Waals surface area contributed by atoms with Crippen LogP contribution in [0.15, 0.2) is 29.6 Å². The van der Waals surface area contributed by atoms with Crippen LogP contribution in [-0.4, -0.2) is 40.0 Å². The van der Waals surface area contributed by atoms with Crippen LogP contribution < -0.4 is 4.90 Å². The van der Waals surface area contributed by atoms with E-state index in [4.69, 9.17) is 11.6 Å². The molecule has 1 saturated heterocycles. The van der Waals surface area contributed by atoms with E-state index in [9.17, 15) is 4.79 Å². The molecule has 2 heterocycles. The van der Waals surface area contributed by atoms with Crippen molar-refractivity contribution in [2.45, 2.75) is 19.0 Å². The molecular formula is C14H15ClN4OS. The summed E-state index contributed by atoms with van der Waals surface area (Å²) in [6.07, 6.45) is 0.790. The molecule has 0 unspecified atom stereocenters. The Morgan fingerprint density at radius 3 is 3.00 bits per heavy atom. The molecule has 0 aliphatic carbocycles. The maximum Gasteiger partial charge on any atom is 0.244 e. The van der Waals surface area contributed by atoms with Crippen molar-refractivity contribution in [3.63, 3.8) is 0 Å². The van der Waals surface area contributed by atoms with Crippen LogP contribution in [0.4, 0.5) is 5.69 Å². The highest BCUT2D eigenvalue weighted by Gasteiger charge is 2.36. The number of para-hydroxylation sites is 1. The first kappa shape index (κ1) is 14.4. The molecule has 1 aliphatic rings. The van der Waals surface area contributed by atoms with Crippen molar-refractivity contribution in [2.75, 3.05) is 18.5 Å². The topological polar surface area (TPSA) is 49.3 Å². The molecule has 3 rings (SSSR count). The summed E-state index contributed by atoms with van der Waals surface area (Å²) in [7, 11) is 1.94. The van der Waals surface area contributed by atoms with Crippen molar-refractivity contribution in [3.8, 4) is 0 Å². The number of amides is 1. The monoisotopic (exact) mass is 322 g/mol. The van der Waals surface area contributed by atoms with E-state index in [1.54, 1.807) is 4.90 Å². The molecule has 0 saturated carbocycles. The Morgan fingerprint density at radius 2 is 2.29 bits per heavy atom. The molecule has 1 aromatic heterocycles. The fourth-order valence-electron chi connectivity index (χ4n) is 2.60. The Morgan fingerprint density at radius 1 is 1.48 bits per heavy atom. The van der Waals surface area contributed by atoms with E-state index in [2.05, 4.69) is 9.59 Å². The predicted octanol–water partition coefficient (Wildman–Crippen LogP) is 2.43. The summed E-state index contributed by atoms with van der Waals surface area (Å²) in [6.45, 7) is 1.32. The average Bonchev–Trinajstić information content (AvgIpc) is 3.09. The van der Waals surface area contributed by atoms with Gasteiger partial charge in [-0.3, -0.25) is 9.69 Å². The first-order valence-corrected chi connectivity index (χ1v) is 7.90. The number of carbonyl (C=O) groups excluding carboxylic acids is 1. The molecule has 0 spiro atoms. The number of halogens is 1. The van der Waals surface area contributed by atoms with Crippen LogP contribution in [-0.2, 0) is 11.3 Å². The molecule has 1 atom stereocenters. The second-order valence-corrected chi connectivity index (χ2v) is 6.07. The molecule has 0 radical (unpaired) electrons. The molecule has 7 heteroatoms. The van der Waals surface area contributed by atoms with Gasteiger partial charge in [0, 0.05) is 18.5 Å². The summed E-state index contributed by atoms with van der Waals surface area (Å²) in [4.78, 5) is 16.4. The highest BCUT2D eigenvalue weighted by Crippen LogP contribution is 2.30. The Labute approximate surface area is 132 Å². The van der Waals surface area contributed by atoms with Gasteiger partial charge in [0.15, 0.2) is 0 Å². The number of carbonyl (C=O) groups is 1. The van der Waals surface area contributed by atoms with Crippen LogP contribution in [0.5, 0.6) is 0 Å². The zero-order valence-corrected chi connectivity index (χ0v) is 13.1. The minimum atomic E-state index is -0.136. The van der Waals surface area contributed by atoms with Crippen molar-refractivity contribution in [2.24, 2.45) is 0 Å². The van der Waals surface area contributed by atoms with Gasteiger partial charge in [-0.1, -0.05) is 28.2 Å². The fraction of sp³-hybridized carbons (Fsp3) is 0.357. The Kier molecular flexibility index (Phi) is 4.19. The number of anilines is 1. The zero-order valence-electron chi connectivity index (χ0n) is 11.6. The van der Waals surface area contributed by atoms with Crippen molar-refractivity contribution in [3.05, 3.63) is 40.4 Å². The van der Waals surface area contributed by atoms with Crippen LogP contribution in [0.3, 0.4) is 0 Å². The number of benzene rings is 1. The van der Waals surface area contributed by atoms with E-state index >= 15 is 0 Å². The van der Waals surface area contributed by atoms with Gasteiger partial charge >= 0.3 is 0 Å². The second kappa shape index (κ2) is 6.09. The molecule has 21 heavy (non-hydrogen) atoms. The number of nitrogens with zero attached hydrogens (tertiary/aromatic N) is 4. The lowest BCUT2D eigenvalue weighted by Gasteiger charge is -2.23. The molecule has 1 aromatic carbocycles. The first-order chi connectivity index (χ1) is 10.2. The first-order valence-electron chi connectivity index (χ1n) is 6.69. The Hall–Kier alpha value is -1.50. The maximum absolute atomic E-state index is 12.6.